The molecule has 0 spiro atoms. The van der Waals surface area contributed by atoms with E-state index in [1.165, 1.54) is 28.4 Å². The summed E-state index contributed by atoms with van der Waals surface area (Å²) in [4.78, 5) is 36.5. The summed E-state index contributed by atoms with van der Waals surface area (Å²) in [6, 6.07) is 21.1. The number of aromatic nitrogens is 2. The molecule has 220 valence electrons. The quantitative estimate of drug-likeness (QED) is 0.128. The van der Waals surface area contributed by atoms with Crippen molar-refractivity contribution >= 4 is 38.9 Å². The van der Waals surface area contributed by atoms with Gasteiger partial charge in [-0.05, 0) is 47.5 Å². The fourth-order valence-electron chi connectivity index (χ4n) is 4.43. The van der Waals surface area contributed by atoms with E-state index in [1.807, 2.05) is 42.6 Å². The van der Waals surface area contributed by atoms with Crippen molar-refractivity contribution in [3.05, 3.63) is 102 Å². The number of hydrogen-bond donors (Lipinski definition) is 1. The lowest BCUT2D eigenvalue weighted by Gasteiger charge is -2.16. The van der Waals surface area contributed by atoms with E-state index in [-0.39, 0.29) is 30.3 Å². The summed E-state index contributed by atoms with van der Waals surface area (Å²) >= 11 is 1.47. The normalized spacial score (nSPS) is 11.0. The lowest BCUT2D eigenvalue weighted by molar-refractivity contribution is -0.126. The van der Waals surface area contributed by atoms with Crippen LogP contribution in [-0.2, 0) is 27.3 Å². The molecule has 0 aliphatic rings. The van der Waals surface area contributed by atoms with Crippen molar-refractivity contribution in [2.75, 3.05) is 32.2 Å². The number of thiophene rings is 1. The average Bonchev–Trinajstić information content (AvgIpc) is 3.46. The summed E-state index contributed by atoms with van der Waals surface area (Å²) in [6.07, 6.45) is 3.12. The second kappa shape index (κ2) is 14.1. The minimum atomic E-state index is -0.601. The van der Waals surface area contributed by atoms with Crippen LogP contribution in [0.4, 0.5) is 10.1 Å². The number of benzene rings is 2. The fourth-order valence-corrected chi connectivity index (χ4v) is 5.47. The molecule has 0 saturated carbocycles. The van der Waals surface area contributed by atoms with Gasteiger partial charge in [-0.15, -0.1) is 11.3 Å². The number of anilines is 1. The third-order valence-electron chi connectivity index (χ3n) is 6.75. The molecule has 3 heterocycles. The zero-order valence-corrected chi connectivity index (χ0v) is 24.7. The van der Waals surface area contributed by atoms with Crippen LogP contribution in [-0.4, -0.2) is 49.0 Å². The first-order valence-electron chi connectivity index (χ1n) is 13.7. The van der Waals surface area contributed by atoms with Crippen molar-refractivity contribution in [1.82, 2.24) is 15.3 Å². The standard InChI is InChI=1S/C33H31FN4O4S/c1-38(24-6-4-3-5-7-24)32(40)18-25(39)16-22-9-11-29(26(34)17-22)42-30-12-13-36-28-19-31(43-33(28)30)27-10-8-23(21-37-27)20-35-14-15-41-2/h3-13,17,19,21,35H,14-16,18,20H2,1-2H3. The van der Waals surface area contributed by atoms with E-state index in [1.54, 1.807) is 44.6 Å². The topological polar surface area (TPSA) is 93.6 Å². The highest BCUT2D eigenvalue weighted by atomic mass is 32.1. The van der Waals surface area contributed by atoms with Crippen LogP contribution in [0.2, 0.25) is 0 Å². The molecule has 5 aromatic rings. The van der Waals surface area contributed by atoms with Gasteiger partial charge >= 0.3 is 0 Å². The van der Waals surface area contributed by atoms with E-state index in [4.69, 9.17) is 9.47 Å². The first-order valence-corrected chi connectivity index (χ1v) is 14.6. The Labute approximate surface area is 253 Å². The number of carbonyl (C=O) groups is 2. The monoisotopic (exact) mass is 598 g/mol. The third-order valence-corrected chi connectivity index (χ3v) is 7.91. The highest BCUT2D eigenvalue weighted by molar-refractivity contribution is 7.22. The molecule has 0 unspecified atom stereocenters. The number of nitrogens with one attached hydrogen (secondary N) is 1. The van der Waals surface area contributed by atoms with Gasteiger partial charge in [0.1, 0.15) is 11.5 Å². The third kappa shape index (κ3) is 7.66. The van der Waals surface area contributed by atoms with E-state index in [2.05, 4.69) is 15.3 Å². The van der Waals surface area contributed by atoms with Crippen LogP contribution in [0.15, 0.2) is 85.2 Å². The minimum Gasteiger partial charge on any atom is -0.453 e. The van der Waals surface area contributed by atoms with Crippen LogP contribution < -0.4 is 15.0 Å². The summed E-state index contributed by atoms with van der Waals surface area (Å²) in [7, 11) is 3.30. The van der Waals surface area contributed by atoms with Gasteiger partial charge in [0.2, 0.25) is 5.91 Å². The number of hydrogen-bond acceptors (Lipinski definition) is 8. The van der Waals surface area contributed by atoms with Gasteiger partial charge in [0, 0.05) is 57.8 Å². The number of pyridine rings is 2. The second-order valence-corrected chi connectivity index (χ2v) is 11.0. The van der Waals surface area contributed by atoms with Gasteiger partial charge in [-0.3, -0.25) is 19.6 Å². The molecule has 1 N–H and O–H groups in total. The molecule has 0 atom stereocenters. The van der Waals surface area contributed by atoms with Crippen LogP contribution in [0.3, 0.4) is 0 Å². The van der Waals surface area contributed by atoms with Crippen molar-refractivity contribution in [3.8, 4) is 22.1 Å². The van der Waals surface area contributed by atoms with E-state index in [9.17, 15) is 9.59 Å². The maximum absolute atomic E-state index is 15.1. The van der Waals surface area contributed by atoms with Gasteiger partial charge in [0.05, 0.1) is 33.8 Å². The van der Waals surface area contributed by atoms with E-state index >= 15 is 4.39 Å². The van der Waals surface area contributed by atoms with Crippen LogP contribution >= 0.6 is 11.3 Å². The highest BCUT2D eigenvalue weighted by Gasteiger charge is 2.18. The number of para-hydroxylation sites is 1. The maximum Gasteiger partial charge on any atom is 0.234 e. The van der Waals surface area contributed by atoms with Gasteiger partial charge in [-0.2, -0.15) is 0 Å². The molecular weight excluding hydrogens is 567 g/mol. The lowest BCUT2D eigenvalue weighted by Crippen LogP contribution is -2.28. The fraction of sp³-hybridized carbons (Fsp3) is 0.212. The number of nitrogens with zero attached hydrogens (tertiary/aromatic N) is 3. The SMILES string of the molecule is COCCNCc1ccc(-c2cc3nccc(Oc4ccc(CC(=O)CC(=O)N(C)c5ccccc5)cc4F)c3s2)nc1. The van der Waals surface area contributed by atoms with Crippen molar-refractivity contribution in [2.24, 2.45) is 0 Å². The maximum atomic E-state index is 15.1. The molecule has 0 aliphatic heterocycles. The van der Waals surface area contributed by atoms with Crippen LogP contribution in [0, 0.1) is 5.82 Å². The van der Waals surface area contributed by atoms with Crippen molar-refractivity contribution in [2.45, 2.75) is 19.4 Å². The predicted molar refractivity (Wildman–Crippen MR) is 166 cm³/mol. The van der Waals surface area contributed by atoms with Gasteiger partial charge in [0.25, 0.3) is 0 Å². The summed E-state index contributed by atoms with van der Waals surface area (Å²) in [5.41, 5.74) is 3.76. The first-order chi connectivity index (χ1) is 20.9. The van der Waals surface area contributed by atoms with Gasteiger partial charge < -0.3 is 19.7 Å². The molecule has 0 fully saturated rings. The van der Waals surface area contributed by atoms with Gasteiger partial charge in [-0.25, -0.2) is 4.39 Å². The molecule has 43 heavy (non-hydrogen) atoms. The van der Waals surface area contributed by atoms with Gasteiger partial charge in [-0.1, -0.05) is 30.3 Å². The first kappa shape index (κ1) is 30.0. The number of halogens is 1. The molecule has 10 heteroatoms. The zero-order chi connectivity index (χ0) is 30.2. The molecule has 3 aromatic heterocycles. The Balaban J connectivity index is 1.23. The summed E-state index contributed by atoms with van der Waals surface area (Å²) in [6.45, 7) is 2.11. The number of amides is 1. The molecule has 0 saturated heterocycles. The van der Waals surface area contributed by atoms with Crippen LogP contribution in [0.5, 0.6) is 11.5 Å². The molecule has 8 nitrogen and oxygen atoms in total. The zero-order valence-electron chi connectivity index (χ0n) is 23.9. The van der Waals surface area contributed by atoms with Crippen molar-refractivity contribution in [1.29, 1.82) is 0 Å². The smallest absolute Gasteiger partial charge is 0.234 e. The number of rotatable bonds is 13. The van der Waals surface area contributed by atoms with E-state index in [0.29, 0.717) is 30.2 Å². The number of ketones is 1. The average molecular weight is 599 g/mol. The Morgan fingerprint density at radius 2 is 1.79 bits per heavy atom. The summed E-state index contributed by atoms with van der Waals surface area (Å²) in [5, 5.41) is 3.30. The predicted octanol–water partition coefficient (Wildman–Crippen LogP) is 6.19. The Bertz CT molecular complexity index is 1710. The van der Waals surface area contributed by atoms with Crippen LogP contribution in [0.1, 0.15) is 17.5 Å². The molecule has 0 bridgehead atoms. The van der Waals surface area contributed by atoms with Crippen LogP contribution in [0.25, 0.3) is 20.8 Å². The number of ether oxygens (including phenoxy) is 2. The lowest BCUT2D eigenvalue weighted by atomic mass is 10.1. The highest BCUT2D eigenvalue weighted by Crippen LogP contribution is 2.39. The Kier molecular flexibility index (Phi) is 9.83. The second-order valence-electron chi connectivity index (χ2n) is 9.90. The number of carbonyl (C=O) groups excluding carboxylic acids is 2. The Morgan fingerprint density at radius 3 is 2.53 bits per heavy atom. The van der Waals surface area contributed by atoms with Crippen molar-refractivity contribution < 1.29 is 23.5 Å². The summed E-state index contributed by atoms with van der Waals surface area (Å²) < 4.78 is 26.9. The van der Waals surface area contributed by atoms with E-state index in [0.717, 1.165) is 32.9 Å². The Hall–Kier alpha value is -4.51. The molecule has 2 aromatic carbocycles. The van der Waals surface area contributed by atoms with Crippen molar-refractivity contribution in [3.63, 3.8) is 0 Å². The largest absolute Gasteiger partial charge is 0.453 e. The number of fused-ring (bicyclic) bond motifs is 1. The Morgan fingerprint density at radius 1 is 0.977 bits per heavy atom. The number of methoxy groups -OCH3 is 1. The number of Topliss-reactive ketones (excluding diaryl/α,β-unsaturated/α-hetero) is 1. The molecule has 5 rings (SSSR count). The molecule has 0 radical (unpaired) electrons. The minimum absolute atomic E-state index is 0.0296. The molecular formula is C33H31FN4O4S. The molecule has 0 aliphatic carbocycles. The van der Waals surface area contributed by atoms with Gasteiger partial charge in [0.15, 0.2) is 11.6 Å². The van der Waals surface area contributed by atoms with E-state index < -0.39 is 5.82 Å². The summed E-state index contributed by atoms with van der Waals surface area (Å²) in [5.74, 6) is -0.725. The molecule has 1 amide bonds.